The number of nitrogens with one attached hydrogen (secondary N) is 1. The molecule has 3 aromatic rings. The van der Waals surface area contributed by atoms with Gasteiger partial charge >= 0.3 is 5.97 Å². The minimum absolute atomic E-state index is 0.201. The lowest BCUT2D eigenvalue weighted by Gasteiger charge is -2.10. The highest BCUT2D eigenvalue weighted by atomic mass is 32.1. The predicted octanol–water partition coefficient (Wildman–Crippen LogP) is 4.93. The molecule has 156 valence electrons. The summed E-state index contributed by atoms with van der Waals surface area (Å²) in [6.07, 6.45) is 0. The van der Waals surface area contributed by atoms with Gasteiger partial charge in [-0.2, -0.15) is 0 Å². The van der Waals surface area contributed by atoms with E-state index in [1.807, 2.05) is 36.6 Å². The van der Waals surface area contributed by atoms with E-state index in [1.165, 1.54) is 11.3 Å². The standard InChI is InChI=1S/C23H23NO5S/c1-4-28-23(26)21-19(16-10-8-15(2)9-11-16)14-30-22(21)24-20(25)13-29-18-7-5-6-17(12-18)27-3/h5-12,14H,4,13H2,1-3H3,(H,24,25). The van der Waals surface area contributed by atoms with Gasteiger partial charge in [-0.05, 0) is 31.5 Å². The van der Waals surface area contributed by atoms with E-state index in [-0.39, 0.29) is 19.1 Å². The molecule has 0 saturated heterocycles. The molecular formula is C23H23NO5S. The smallest absolute Gasteiger partial charge is 0.341 e. The van der Waals surface area contributed by atoms with Crippen molar-refractivity contribution in [2.75, 3.05) is 25.6 Å². The Morgan fingerprint density at radius 2 is 1.80 bits per heavy atom. The zero-order chi connectivity index (χ0) is 21.5. The van der Waals surface area contributed by atoms with Gasteiger partial charge in [-0.15, -0.1) is 11.3 Å². The molecule has 0 unspecified atom stereocenters. The molecule has 0 bridgehead atoms. The van der Waals surface area contributed by atoms with E-state index in [2.05, 4.69) is 5.32 Å². The molecule has 0 spiro atoms. The Balaban J connectivity index is 1.78. The van der Waals surface area contributed by atoms with Crippen molar-refractivity contribution in [2.24, 2.45) is 0 Å². The molecule has 30 heavy (non-hydrogen) atoms. The van der Waals surface area contributed by atoms with Crippen LogP contribution in [0, 0.1) is 6.92 Å². The first kappa shape index (κ1) is 21.4. The number of amides is 1. The Morgan fingerprint density at radius 1 is 1.07 bits per heavy atom. The average molecular weight is 426 g/mol. The molecule has 1 amide bonds. The van der Waals surface area contributed by atoms with Gasteiger partial charge in [0, 0.05) is 17.0 Å². The third kappa shape index (κ3) is 5.18. The number of aryl methyl sites for hydroxylation is 1. The lowest BCUT2D eigenvalue weighted by atomic mass is 10.0. The molecule has 0 aliphatic carbocycles. The van der Waals surface area contributed by atoms with Crippen LogP contribution in [0.5, 0.6) is 11.5 Å². The van der Waals surface area contributed by atoms with Gasteiger partial charge in [-0.1, -0.05) is 35.9 Å². The maximum absolute atomic E-state index is 12.6. The van der Waals surface area contributed by atoms with Gasteiger partial charge in [-0.3, -0.25) is 4.79 Å². The van der Waals surface area contributed by atoms with Crippen LogP contribution in [0.4, 0.5) is 5.00 Å². The quantitative estimate of drug-likeness (QED) is 0.518. The van der Waals surface area contributed by atoms with Crippen molar-refractivity contribution in [1.82, 2.24) is 0 Å². The SMILES string of the molecule is CCOC(=O)c1c(-c2ccc(C)cc2)csc1NC(=O)COc1cccc(OC)c1. The number of hydrogen-bond acceptors (Lipinski definition) is 6. The van der Waals surface area contributed by atoms with E-state index in [9.17, 15) is 9.59 Å². The van der Waals surface area contributed by atoms with Gasteiger partial charge in [0.05, 0.1) is 13.7 Å². The Morgan fingerprint density at radius 3 is 2.50 bits per heavy atom. The van der Waals surface area contributed by atoms with E-state index in [0.717, 1.165) is 16.7 Å². The largest absolute Gasteiger partial charge is 0.497 e. The number of carbonyl (C=O) groups is 2. The fourth-order valence-corrected chi connectivity index (χ4v) is 3.78. The molecule has 2 aromatic carbocycles. The summed E-state index contributed by atoms with van der Waals surface area (Å²) in [5, 5.41) is 5.05. The monoisotopic (exact) mass is 425 g/mol. The number of ether oxygens (including phenoxy) is 3. The molecule has 1 N–H and O–H groups in total. The molecule has 0 atom stereocenters. The van der Waals surface area contributed by atoms with Gasteiger partial charge in [0.1, 0.15) is 22.1 Å². The predicted molar refractivity (Wildman–Crippen MR) is 118 cm³/mol. The van der Waals surface area contributed by atoms with Gasteiger partial charge < -0.3 is 19.5 Å². The second kappa shape index (κ2) is 9.93. The molecule has 0 saturated carbocycles. The maximum Gasteiger partial charge on any atom is 0.341 e. The average Bonchev–Trinajstić information content (AvgIpc) is 3.16. The van der Waals surface area contributed by atoms with E-state index in [4.69, 9.17) is 14.2 Å². The summed E-state index contributed by atoms with van der Waals surface area (Å²) < 4.78 is 15.9. The first-order valence-electron chi connectivity index (χ1n) is 9.44. The molecule has 0 aliphatic heterocycles. The number of methoxy groups -OCH3 is 1. The van der Waals surface area contributed by atoms with Crippen LogP contribution in [-0.4, -0.2) is 32.2 Å². The van der Waals surface area contributed by atoms with Crippen LogP contribution >= 0.6 is 11.3 Å². The Bertz CT molecular complexity index is 1030. The number of anilines is 1. The van der Waals surface area contributed by atoms with Crippen LogP contribution in [0.2, 0.25) is 0 Å². The zero-order valence-electron chi connectivity index (χ0n) is 17.1. The third-order valence-corrected chi connectivity index (χ3v) is 5.19. The minimum atomic E-state index is -0.474. The topological polar surface area (TPSA) is 73.9 Å². The molecule has 7 heteroatoms. The van der Waals surface area contributed by atoms with Crippen LogP contribution in [0.1, 0.15) is 22.8 Å². The fourth-order valence-electron chi connectivity index (χ4n) is 2.80. The van der Waals surface area contributed by atoms with Crippen LogP contribution in [-0.2, 0) is 9.53 Å². The summed E-state index contributed by atoms with van der Waals surface area (Å²) in [5.41, 5.74) is 3.07. The summed E-state index contributed by atoms with van der Waals surface area (Å²) in [4.78, 5) is 25.1. The molecule has 1 aromatic heterocycles. The number of hydrogen-bond donors (Lipinski definition) is 1. The highest BCUT2D eigenvalue weighted by Crippen LogP contribution is 2.36. The second-order valence-electron chi connectivity index (χ2n) is 6.46. The molecule has 0 aliphatic rings. The molecule has 6 nitrogen and oxygen atoms in total. The van der Waals surface area contributed by atoms with Gasteiger partial charge in [0.2, 0.25) is 0 Å². The van der Waals surface area contributed by atoms with Gasteiger partial charge in [0.15, 0.2) is 6.61 Å². The van der Waals surface area contributed by atoms with E-state index >= 15 is 0 Å². The van der Waals surface area contributed by atoms with Crippen molar-refractivity contribution in [3.63, 3.8) is 0 Å². The molecular weight excluding hydrogens is 402 g/mol. The van der Waals surface area contributed by atoms with Crippen molar-refractivity contribution in [2.45, 2.75) is 13.8 Å². The lowest BCUT2D eigenvalue weighted by molar-refractivity contribution is -0.118. The van der Waals surface area contributed by atoms with Crippen molar-refractivity contribution in [3.05, 3.63) is 65.0 Å². The number of carbonyl (C=O) groups excluding carboxylic acids is 2. The first-order chi connectivity index (χ1) is 14.5. The van der Waals surface area contributed by atoms with Gasteiger partial charge in [-0.25, -0.2) is 4.79 Å². The Labute approximate surface area is 179 Å². The number of rotatable bonds is 8. The maximum atomic E-state index is 12.6. The van der Waals surface area contributed by atoms with Crippen LogP contribution in [0.3, 0.4) is 0 Å². The highest BCUT2D eigenvalue weighted by molar-refractivity contribution is 7.15. The van der Waals surface area contributed by atoms with Crippen LogP contribution < -0.4 is 14.8 Å². The van der Waals surface area contributed by atoms with Crippen LogP contribution in [0.15, 0.2) is 53.9 Å². The lowest BCUT2D eigenvalue weighted by Crippen LogP contribution is -2.21. The van der Waals surface area contributed by atoms with Crippen molar-refractivity contribution < 1.29 is 23.8 Å². The normalized spacial score (nSPS) is 10.4. The van der Waals surface area contributed by atoms with E-state index < -0.39 is 5.97 Å². The third-order valence-electron chi connectivity index (χ3n) is 4.30. The second-order valence-corrected chi connectivity index (χ2v) is 7.34. The Hall–Kier alpha value is -3.32. The number of esters is 1. The minimum Gasteiger partial charge on any atom is -0.497 e. The summed E-state index contributed by atoms with van der Waals surface area (Å²) in [6.45, 7) is 3.79. The molecule has 1 heterocycles. The molecule has 3 rings (SSSR count). The molecule has 0 radical (unpaired) electrons. The van der Waals surface area contributed by atoms with Crippen molar-refractivity contribution in [3.8, 4) is 22.6 Å². The summed E-state index contributed by atoms with van der Waals surface area (Å²) in [6, 6.07) is 14.8. The summed E-state index contributed by atoms with van der Waals surface area (Å²) in [5.74, 6) is 0.305. The van der Waals surface area contributed by atoms with E-state index in [0.29, 0.717) is 22.1 Å². The van der Waals surface area contributed by atoms with Gasteiger partial charge in [0.25, 0.3) is 5.91 Å². The number of thiophene rings is 1. The van der Waals surface area contributed by atoms with Crippen molar-refractivity contribution in [1.29, 1.82) is 0 Å². The first-order valence-corrected chi connectivity index (χ1v) is 10.3. The Kier molecular flexibility index (Phi) is 7.08. The summed E-state index contributed by atoms with van der Waals surface area (Å²) >= 11 is 1.28. The van der Waals surface area contributed by atoms with Crippen molar-refractivity contribution >= 4 is 28.2 Å². The van der Waals surface area contributed by atoms with Crippen LogP contribution in [0.25, 0.3) is 11.1 Å². The van der Waals surface area contributed by atoms with E-state index in [1.54, 1.807) is 38.3 Å². The molecule has 0 fully saturated rings. The zero-order valence-corrected chi connectivity index (χ0v) is 17.9. The summed E-state index contributed by atoms with van der Waals surface area (Å²) in [7, 11) is 1.56. The highest BCUT2D eigenvalue weighted by Gasteiger charge is 2.23. The number of benzene rings is 2. The fraction of sp³-hybridized carbons (Fsp3) is 0.217.